The molecule has 2 saturated heterocycles. The topological polar surface area (TPSA) is 46.9 Å². The van der Waals surface area contributed by atoms with E-state index in [1.165, 1.54) is 25.8 Å². The van der Waals surface area contributed by atoms with Crippen molar-refractivity contribution in [1.82, 2.24) is 9.80 Å². The van der Waals surface area contributed by atoms with E-state index in [-0.39, 0.29) is 12.2 Å². The first kappa shape index (κ1) is 20.2. The van der Waals surface area contributed by atoms with Gasteiger partial charge in [0.2, 0.25) is 0 Å². The minimum Gasteiger partial charge on any atom is -0.393 e. The van der Waals surface area contributed by atoms with Crippen LogP contribution in [0.25, 0.3) is 0 Å². The van der Waals surface area contributed by atoms with Gasteiger partial charge in [0.25, 0.3) is 0 Å². The summed E-state index contributed by atoms with van der Waals surface area (Å²) in [5.41, 5.74) is 0. The molecule has 0 spiro atoms. The van der Waals surface area contributed by atoms with Gasteiger partial charge in [-0.2, -0.15) is 0 Å². The summed E-state index contributed by atoms with van der Waals surface area (Å²) >= 11 is 0. The van der Waals surface area contributed by atoms with Crippen molar-refractivity contribution in [3.05, 3.63) is 0 Å². The third-order valence-corrected chi connectivity index (χ3v) is 6.44. The molecule has 0 amide bonds. The number of hydrogen-bond donors (Lipinski definition) is 2. The fraction of sp³-hybridized carbons (Fsp3) is 1.00. The van der Waals surface area contributed by atoms with Gasteiger partial charge in [-0.3, -0.25) is 0 Å². The van der Waals surface area contributed by atoms with Crippen LogP contribution < -0.4 is 0 Å². The Morgan fingerprint density at radius 3 is 2.04 bits per heavy atom. The highest BCUT2D eigenvalue weighted by Crippen LogP contribution is 2.26. The Kier molecular flexibility index (Phi) is 7.99. The Bertz CT molecular complexity index is 328. The Morgan fingerprint density at radius 1 is 0.833 bits per heavy atom. The molecule has 24 heavy (non-hydrogen) atoms. The van der Waals surface area contributed by atoms with E-state index in [2.05, 4.69) is 30.6 Å². The van der Waals surface area contributed by atoms with Crippen molar-refractivity contribution in [2.45, 2.75) is 90.5 Å². The SMILES string of the molecule is CC(C)N1CCC[C@H]([C@H](O)CCC(C)N2CCC[C@@H]([C@@H](C)O)C2)C1. The van der Waals surface area contributed by atoms with Crippen LogP contribution in [0.3, 0.4) is 0 Å². The summed E-state index contributed by atoms with van der Waals surface area (Å²) in [6, 6.07) is 1.09. The molecule has 0 bridgehead atoms. The fourth-order valence-electron chi connectivity index (χ4n) is 4.49. The van der Waals surface area contributed by atoms with Crippen LogP contribution in [0.2, 0.25) is 0 Å². The molecule has 0 aromatic rings. The third kappa shape index (κ3) is 5.69. The summed E-state index contributed by atoms with van der Waals surface area (Å²) in [5, 5.41) is 20.5. The van der Waals surface area contributed by atoms with Gasteiger partial charge in [0.05, 0.1) is 12.2 Å². The molecule has 2 N–H and O–H groups in total. The molecule has 2 rings (SSSR count). The van der Waals surface area contributed by atoms with Crippen LogP contribution in [-0.2, 0) is 0 Å². The lowest BCUT2D eigenvalue weighted by Crippen LogP contribution is -2.45. The van der Waals surface area contributed by atoms with Crippen LogP contribution in [0.15, 0.2) is 0 Å². The second-order valence-corrected chi connectivity index (χ2v) is 8.62. The Labute approximate surface area is 149 Å². The minimum atomic E-state index is -0.199. The average Bonchev–Trinajstić information content (AvgIpc) is 2.59. The number of nitrogens with zero attached hydrogens (tertiary/aromatic N) is 2. The average molecular weight is 341 g/mol. The van der Waals surface area contributed by atoms with Gasteiger partial charge in [0.15, 0.2) is 0 Å². The predicted octanol–water partition coefficient (Wildman–Crippen LogP) is 2.73. The maximum absolute atomic E-state index is 10.7. The lowest BCUT2D eigenvalue weighted by molar-refractivity contribution is 0.0201. The lowest BCUT2D eigenvalue weighted by atomic mass is 9.88. The van der Waals surface area contributed by atoms with Crippen molar-refractivity contribution in [2.24, 2.45) is 11.8 Å². The second-order valence-electron chi connectivity index (χ2n) is 8.62. The van der Waals surface area contributed by atoms with Gasteiger partial charge in [-0.15, -0.1) is 0 Å². The van der Waals surface area contributed by atoms with Crippen molar-refractivity contribution in [3.8, 4) is 0 Å². The highest BCUT2D eigenvalue weighted by Gasteiger charge is 2.29. The fourth-order valence-corrected chi connectivity index (χ4v) is 4.49. The summed E-state index contributed by atoms with van der Waals surface area (Å²) in [5.74, 6) is 0.865. The van der Waals surface area contributed by atoms with E-state index in [0.717, 1.165) is 38.9 Å². The number of aliphatic hydroxyl groups is 2. The minimum absolute atomic E-state index is 0.161. The Balaban J connectivity index is 1.75. The van der Waals surface area contributed by atoms with Crippen molar-refractivity contribution >= 4 is 0 Å². The molecule has 0 saturated carbocycles. The van der Waals surface area contributed by atoms with Crippen LogP contribution in [0.5, 0.6) is 0 Å². The smallest absolute Gasteiger partial charge is 0.0581 e. The van der Waals surface area contributed by atoms with Crippen LogP contribution in [0.4, 0.5) is 0 Å². The zero-order valence-corrected chi connectivity index (χ0v) is 16.3. The van der Waals surface area contributed by atoms with Gasteiger partial charge in [0, 0.05) is 25.2 Å². The number of aliphatic hydroxyl groups excluding tert-OH is 2. The molecule has 142 valence electrons. The molecule has 2 heterocycles. The Hall–Kier alpha value is -0.160. The van der Waals surface area contributed by atoms with Gasteiger partial charge in [-0.05, 0) is 91.1 Å². The van der Waals surface area contributed by atoms with Crippen molar-refractivity contribution in [3.63, 3.8) is 0 Å². The number of likely N-dealkylation sites (tertiary alicyclic amines) is 2. The van der Waals surface area contributed by atoms with Crippen LogP contribution >= 0.6 is 0 Å². The van der Waals surface area contributed by atoms with Crippen molar-refractivity contribution in [1.29, 1.82) is 0 Å². The van der Waals surface area contributed by atoms with Crippen LogP contribution in [0, 0.1) is 11.8 Å². The first-order valence-corrected chi connectivity index (χ1v) is 10.2. The van der Waals surface area contributed by atoms with E-state index in [0.29, 0.717) is 23.9 Å². The van der Waals surface area contributed by atoms with Crippen LogP contribution in [0.1, 0.15) is 66.2 Å². The Morgan fingerprint density at radius 2 is 1.42 bits per heavy atom. The summed E-state index contributed by atoms with van der Waals surface area (Å²) in [4.78, 5) is 5.04. The monoisotopic (exact) mass is 340 g/mol. The number of rotatable bonds is 7. The van der Waals surface area contributed by atoms with Gasteiger partial charge < -0.3 is 20.0 Å². The normalized spacial score (nSPS) is 31.1. The lowest BCUT2D eigenvalue weighted by Gasteiger charge is -2.39. The molecule has 4 nitrogen and oxygen atoms in total. The molecular weight excluding hydrogens is 300 g/mol. The summed E-state index contributed by atoms with van der Waals surface area (Å²) in [6.45, 7) is 13.1. The molecule has 2 aliphatic rings. The molecule has 0 aromatic heterocycles. The standard InChI is InChI=1S/C20H40N2O2/c1-15(2)21-11-6-8-19(14-21)20(24)10-9-16(3)22-12-5-7-18(13-22)17(4)23/h15-20,23-24H,5-14H2,1-4H3/t16?,17-,18-,19+,20-/m1/s1. The molecule has 1 unspecified atom stereocenters. The maximum Gasteiger partial charge on any atom is 0.0581 e. The van der Waals surface area contributed by atoms with E-state index in [1.807, 2.05) is 6.92 Å². The maximum atomic E-state index is 10.7. The molecule has 0 radical (unpaired) electrons. The van der Waals surface area contributed by atoms with E-state index in [4.69, 9.17) is 0 Å². The molecule has 0 aliphatic carbocycles. The molecule has 2 fully saturated rings. The third-order valence-electron chi connectivity index (χ3n) is 6.44. The number of piperidine rings is 2. The first-order chi connectivity index (χ1) is 11.4. The summed E-state index contributed by atoms with van der Waals surface area (Å²) < 4.78 is 0. The second kappa shape index (κ2) is 9.51. The highest BCUT2D eigenvalue weighted by molar-refractivity contribution is 4.83. The summed E-state index contributed by atoms with van der Waals surface area (Å²) in [7, 11) is 0. The quantitative estimate of drug-likeness (QED) is 0.748. The van der Waals surface area contributed by atoms with Gasteiger partial charge in [-0.1, -0.05) is 0 Å². The summed E-state index contributed by atoms with van der Waals surface area (Å²) in [6.07, 6.45) is 6.34. The predicted molar refractivity (Wildman–Crippen MR) is 100 cm³/mol. The zero-order chi connectivity index (χ0) is 17.7. The van der Waals surface area contributed by atoms with Crippen molar-refractivity contribution in [2.75, 3.05) is 26.2 Å². The molecule has 5 atom stereocenters. The first-order valence-electron chi connectivity index (χ1n) is 10.2. The number of hydrogen-bond acceptors (Lipinski definition) is 4. The van der Waals surface area contributed by atoms with E-state index in [9.17, 15) is 10.2 Å². The van der Waals surface area contributed by atoms with Gasteiger partial charge in [-0.25, -0.2) is 0 Å². The van der Waals surface area contributed by atoms with E-state index in [1.54, 1.807) is 0 Å². The largest absolute Gasteiger partial charge is 0.393 e. The van der Waals surface area contributed by atoms with Crippen LogP contribution in [-0.4, -0.2) is 70.5 Å². The van der Waals surface area contributed by atoms with Gasteiger partial charge in [0.1, 0.15) is 0 Å². The van der Waals surface area contributed by atoms with Crippen molar-refractivity contribution < 1.29 is 10.2 Å². The zero-order valence-electron chi connectivity index (χ0n) is 16.3. The highest BCUT2D eigenvalue weighted by atomic mass is 16.3. The molecule has 4 heteroatoms. The van der Waals surface area contributed by atoms with Gasteiger partial charge >= 0.3 is 0 Å². The molecular formula is C20H40N2O2. The molecule has 0 aromatic carbocycles. The van der Waals surface area contributed by atoms with E-state index >= 15 is 0 Å². The van der Waals surface area contributed by atoms with E-state index < -0.39 is 0 Å². The molecule has 2 aliphatic heterocycles.